The van der Waals surface area contributed by atoms with Gasteiger partial charge in [-0.05, 0) is 30.2 Å². The van der Waals surface area contributed by atoms with Crippen molar-refractivity contribution in [3.05, 3.63) is 53.1 Å². The second-order valence-corrected chi connectivity index (χ2v) is 9.84. The lowest BCUT2D eigenvalue weighted by Crippen LogP contribution is -2.39. The molecular formula is C22H25NO7S. The predicted octanol–water partition coefficient (Wildman–Crippen LogP) is 2.57. The van der Waals surface area contributed by atoms with Gasteiger partial charge in [0.05, 0.1) is 38.4 Å². The normalized spacial score (nSPS) is 21.6. The standard InChI is InChI=1S/C22H25NO7S/c1-27-18-10-14(11-19(28-2)20(18)29-3)12-23(15-8-9-31(25,26)13-15)21-16-6-4-5-7-17(16)22(24)30-21/h4-7,10-11,15,21H,8-9,12-13H2,1-3H3. The number of fused-ring (bicyclic) bond motifs is 1. The number of hydrogen-bond donors (Lipinski definition) is 0. The minimum atomic E-state index is -3.14. The number of benzene rings is 2. The first-order valence-electron chi connectivity index (χ1n) is 9.92. The Morgan fingerprint density at radius 2 is 1.74 bits per heavy atom. The number of methoxy groups -OCH3 is 3. The SMILES string of the molecule is COc1cc(CN(C2CCS(=O)(=O)C2)C2OC(=O)c3ccccc32)cc(OC)c1OC. The molecule has 0 N–H and O–H groups in total. The second kappa shape index (κ2) is 8.39. The maximum Gasteiger partial charge on any atom is 0.340 e. The maximum atomic E-state index is 12.4. The first-order chi connectivity index (χ1) is 14.9. The fourth-order valence-electron chi connectivity index (χ4n) is 4.25. The Kier molecular flexibility index (Phi) is 5.81. The fraction of sp³-hybridized carbons (Fsp3) is 0.409. The van der Waals surface area contributed by atoms with Gasteiger partial charge in [0.15, 0.2) is 27.6 Å². The summed E-state index contributed by atoms with van der Waals surface area (Å²) in [6.45, 7) is 0.336. The summed E-state index contributed by atoms with van der Waals surface area (Å²) in [5.74, 6) is 1.20. The van der Waals surface area contributed by atoms with Crippen LogP contribution in [0.4, 0.5) is 0 Å². The number of carbonyl (C=O) groups is 1. The minimum Gasteiger partial charge on any atom is -0.493 e. The van der Waals surface area contributed by atoms with Gasteiger partial charge >= 0.3 is 5.97 Å². The largest absolute Gasteiger partial charge is 0.493 e. The van der Waals surface area contributed by atoms with E-state index in [0.29, 0.717) is 35.8 Å². The van der Waals surface area contributed by atoms with Crippen molar-refractivity contribution in [3.63, 3.8) is 0 Å². The zero-order valence-electron chi connectivity index (χ0n) is 17.7. The highest BCUT2D eigenvalue weighted by atomic mass is 32.2. The van der Waals surface area contributed by atoms with Crippen LogP contribution in [0, 0.1) is 0 Å². The third kappa shape index (κ3) is 4.07. The van der Waals surface area contributed by atoms with Crippen LogP contribution in [0.15, 0.2) is 36.4 Å². The van der Waals surface area contributed by atoms with Gasteiger partial charge in [-0.2, -0.15) is 0 Å². The summed E-state index contributed by atoms with van der Waals surface area (Å²) in [5.41, 5.74) is 2.06. The number of hydrogen-bond acceptors (Lipinski definition) is 8. The van der Waals surface area contributed by atoms with E-state index >= 15 is 0 Å². The molecule has 2 aromatic carbocycles. The Labute approximate surface area is 181 Å². The van der Waals surface area contributed by atoms with Gasteiger partial charge in [0, 0.05) is 18.2 Å². The lowest BCUT2D eigenvalue weighted by atomic mass is 10.0. The zero-order valence-corrected chi connectivity index (χ0v) is 18.5. The molecule has 2 aliphatic rings. The zero-order chi connectivity index (χ0) is 22.2. The molecule has 166 valence electrons. The van der Waals surface area contributed by atoms with Gasteiger partial charge in [-0.3, -0.25) is 4.90 Å². The van der Waals surface area contributed by atoms with Crippen molar-refractivity contribution in [3.8, 4) is 17.2 Å². The molecule has 31 heavy (non-hydrogen) atoms. The van der Waals surface area contributed by atoms with Crippen molar-refractivity contribution in [2.45, 2.75) is 25.2 Å². The topological polar surface area (TPSA) is 91.4 Å². The van der Waals surface area contributed by atoms with Crippen LogP contribution in [0.1, 0.15) is 34.1 Å². The lowest BCUT2D eigenvalue weighted by Gasteiger charge is -2.33. The van der Waals surface area contributed by atoms with Gasteiger partial charge in [-0.1, -0.05) is 18.2 Å². The first-order valence-corrected chi connectivity index (χ1v) is 11.7. The Morgan fingerprint density at radius 3 is 2.32 bits per heavy atom. The molecule has 2 unspecified atom stereocenters. The molecule has 0 amide bonds. The summed E-state index contributed by atoms with van der Waals surface area (Å²) in [6, 6.07) is 10.6. The summed E-state index contributed by atoms with van der Waals surface area (Å²) < 4.78 is 46.4. The predicted molar refractivity (Wildman–Crippen MR) is 113 cm³/mol. The van der Waals surface area contributed by atoms with Crippen LogP contribution in [0.25, 0.3) is 0 Å². The Balaban J connectivity index is 1.74. The van der Waals surface area contributed by atoms with Crippen LogP contribution in [0.5, 0.6) is 17.2 Å². The van der Waals surface area contributed by atoms with Crippen LogP contribution >= 0.6 is 0 Å². The number of ether oxygens (including phenoxy) is 4. The van der Waals surface area contributed by atoms with Crippen molar-refractivity contribution < 1.29 is 32.2 Å². The molecule has 2 aromatic rings. The van der Waals surface area contributed by atoms with Crippen molar-refractivity contribution in [1.29, 1.82) is 0 Å². The number of nitrogens with zero attached hydrogens (tertiary/aromatic N) is 1. The minimum absolute atomic E-state index is 0.0215. The van der Waals surface area contributed by atoms with E-state index in [4.69, 9.17) is 18.9 Å². The van der Waals surface area contributed by atoms with E-state index in [1.54, 1.807) is 12.1 Å². The number of sulfone groups is 1. The van der Waals surface area contributed by atoms with E-state index in [0.717, 1.165) is 11.1 Å². The average Bonchev–Trinajstić information content (AvgIpc) is 3.30. The molecule has 8 nitrogen and oxygen atoms in total. The highest BCUT2D eigenvalue weighted by molar-refractivity contribution is 7.91. The number of esters is 1. The summed E-state index contributed by atoms with van der Waals surface area (Å²) in [7, 11) is 1.47. The molecule has 0 radical (unpaired) electrons. The summed E-state index contributed by atoms with van der Waals surface area (Å²) in [6.07, 6.45) is -0.190. The monoisotopic (exact) mass is 447 g/mol. The molecule has 0 spiro atoms. The van der Waals surface area contributed by atoms with Crippen LogP contribution in [-0.2, 0) is 21.1 Å². The molecule has 2 atom stereocenters. The van der Waals surface area contributed by atoms with E-state index in [1.165, 1.54) is 21.3 Å². The molecular weight excluding hydrogens is 422 g/mol. The Hall–Kier alpha value is -2.78. The van der Waals surface area contributed by atoms with Crippen molar-refractivity contribution >= 4 is 15.8 Å². The number of cyclic esters (lactones) is 1. The van der Waals surface area contributed by atoms with Crippen LogP contribution in [0.2, 0.25) is 0 Å². The van der Waals surface area contributed by atoms with Crippen molar-refractivity contribution in [1.82, 2.24) is 4.90 Å². The van der Waals surface area contributed by atoms with Gasteiger partial charge in [0.2, 0.25) is 5.75 Å². The molecule has 2 heterocycles. The number of carbonyl (C=O) groups excluding carboxylic acids is 1. The van der Waals surface area contributed by atoms with E-state index in [-0.39, 0.29) is 17.5 Å². The van der Waals surface area contributed by atoms with Crippen LogP contribution in [0.3, 0.4) is 0 Å². The third-order valence-corrected chi connectivity index (χ3v) is 7.48. The van der Waals surface area contributed by atoms with Gasteiger partial charge in [-0.25, -0.2) is 13.2 Å². The molecule has 9 heteroatoms. The number of rotatable bonds is 7. The molecule has 1 fully saturated rings. The second-order valence-electron chi connectivity index (χ2n) is 7.61. The van der Waals surface area contributed by atoms with Crippen LogP contribution in [-0.4, -0.2) is 58.2 Å². The molecule has 0 saturated carbocycles. The molecule has 2 aliphatic heterocycles. The van der Waals surface area contributed by atoms with Gasteiger partial charge in [0.25, 0.3) is 0 Å². The van der Waals surface area contributed by atoms with E-state index in [9.17, 15) is 13.2 Å². The summed E-state index contributed by atoms with van der Waals surface area (Å²) in [5, 5.41) is 0. The smallest absolute Gasteiger partial charge is 0.340 e. The molecule has 0 aromatic heterocycles. The van der Waals surface area contributed by atoms with Crippen molar-refractivity contribution in [2.24, 2.45) is 0 Å². The fourth-order valence-corrected chi connectivity index (χ4v) is 5.99. The Bertz CT molecular complexity index is 1070. The molecule has 1 saturated heterocycles. The van der Waals surface area contributed by atoms with E-state index in [2.05, 4.69) is 0 Å². The molecule has 4 rings (SSSR count). The quantitative estimate of drug-likeness (QED) is 0.598. The van der Waals surface area contributed by atoms with Crippen LogP contribution < -0.4 is 14.2 Å². The third-order valence-electron chi connectivity index (χ3n) is 5.73. The molecule has 0 aliphatic carbocycles. The summed E-state index contributed by atoms with van der Waals surface area (Å²) >= 11 is 0. The highest BCUT2D eigenvalue weighted by Gasteiger charge is 2.42. The van der Waals surface area contributed by atoms with E-state index < -0.39 is 22.0 Å². The lowest BCUT2D eigenvalue weighted by molar-refractivity contribution is -0.0425. The highest BCUT2D eigenvalue weighted by Crippen LogP contribution is 2.41. The van der Waals surface area contributed by atoms with Crippen molar-refractivity contribution in [2.75, 3.05) is 32.8 Å². The van der Waals surface area contributed by atoms with Gasteiger partial charge in [-0.15, -0.1) is 0 Å². The molecule has 0 bridgehead atoms. The Morgan fingerprint density at radius 1 is 1.06 bits per heavy atom. The van der Waals surface area contributed by atoms with Gasteiger partial charge in [0.1, 0.15) is 0 Å². The summed E-state index contributed by atoms with van der Waals surface area (Å²) in [4.78, 5) is 14.4. The maximum absolute atomic E-state index is 12.4. The average molecular weight is 448 g/mol. The van der Waals surface area contributed by atoms with Gasteiger partial charge < -0.3 is 18.9 Å². The first kappa shape index (κ1) is 21.5. The van der Waals surface area contributed by atoms with E-state index in [1.807, 2.05) is 29.2 Å².